The van der Waals surface area contributed by atoms with E-state index in [0.717, 1.165) is 50.9 Å². The summed E-state index contributed by atoms with van der Waals surface area (Å²) in [6.07, 6.45) is 49.4. The third-order valence-corrected chi connectivity index (χ3v) is 10.8. The van der Waals surface area contributed by atoms with Crippen molar-refractivity contribution in [1.82, 2.24) is 0 Å². The smallest absolute Gasteiger partial charge is 0.305 e. The minimum Gasteiger partial charge on any atom is -0.463 e. The Bertz CT molecular complexity index is 941. The summed E-state index contributed by atoms with van der Waals surface area (Å²) in [7, 11) is 0. The number of epoxide rings is 1. The number of ether oxygens (including phenoxy) is 3. The van der Waals surface area contributed by atoms with Crippen LogP contribution in [-0.2, 0) is 23.8 Å². The average Bonchev–Trinajstić information content (AvgIpc) is 3.93. The van der Waals surface area contributed by atoms with Gasteiger partial charge in [0.05, 0.1) is 12.2 Å². The highest BCUT2D eigenvalue weighted by Gasteiger charge is 2.36. The molecule has 0 aromatic rings. The fourth-order valence-electron chi connectivity index (χ4n) is 6.86. The van der Waals surface area contributed by atoms with Gasteiger partial charge in [-0.25, -0.2) is 0 Å². The number of carbonyl (C=O) groups is 2. The van der Waals surface area contributed by atoms with Gasteiger partial charge in [-0.1, -0.05) is 192 Å². The highest BCUT2D eigenvalue weighted by molar-refractivity contribution is 5.69. The minimum atomic E-state index is -0.994. The maximum absolute atomic E-state index is 12.1. The second-order valence-corrected chi connectivity index (χ2v) is 16.2. The van der Waals surface area contributed by atoms with E-state index >= 15 is 0 Å². The van der Waals surface area contributed by atoms with Gasteiger partial charge in [-0.3, -0.25) is 9.59 Å². The van der Waals surface area contributed by atoms with Crippen LogP contribution in [0.3, 0.4) is 0 Å². The lowest BCUT2D eigenvalue weighted by molar-refractivity contribution is -0.152. The fraction of sp³-hybridized carbons (Fsp3) is 0.833. The van der Waals surface area contributed by atoms with E-state index in [2.05, 4.69) is 57.2 Å². The van der Waals surface area contributed by atoms with Crippen molar-refractivity contribution in [2.45, 2.75) is 238 Å². The summed E-state index contributed by atoms with van der Waals surface area (Å²) in [4.78, 5) is 24.1. The molecule has 1 aliphatic heterocycles. The van der Waals surface area contributed by atoms with Crippen molar-refractivity contribution in [2.24, 2.45) is 5.92 Å². The van der Waals surface area contributed by atoms with Crippen LogP contribution in [0.5, 0.6) is 0 Å². The summed E-state index contributed by atoms with van der Waals surface area (Å²) in [6, 6.07) is 0. The number of aliphatic hydroxyl groups excluding tert-OH is 1. The quantitative estimate of drug-likeness (QED) is 0.0290. The van der Waals surface area contributed by atoms with E-state index in [0.29, 0.717) is 19.3 Å². The molecule has 0 radical (unpaired) electrons. The van der Waals surface area contributed by atoms with Crippen molar-refractivity contribution in [2.75, 3.05) is 13.2 Å². The molecule has 1 rings (SSSR count). The van der Waals surface area contributed by atoms with Gasteiger partial charge in [-0.15, -0.1) is 0 Å². The van der Waals surface area contributed by atoms with Gasteiger partial charge in [0, 0.05) is 12.8 Å². The van der Waals surface area contributed by atoms with Gasteiger partial charge < -0.3 is 19.3 Å². The SMILES string of the molecule is CCCCC/C=C\C/C=C\C/C=C\CC1OC1CCCC(=O)OC[C@H](O)COC(=O)CCCCCCCCCCCCCCCCCCCCC(C)CC. The summed E-state index contributed by atoms with van der Waals surface area (Å²) in [6.45, 7) is 6.63. The minimum absolute atomic E-state index is 0.137. The first-order valence-electron chi connectivity index (χ1n) is 23.1. The molecule has 4 atom stereocenters. The van der Waals surface area contributed by atoms with Crippen LogP contribution in [-0.4, -0.2) is 48.6 Å². The second-order valence-electron chi connectivity index (χ2n) is 16.2. The molecule has 1 heterocycles. The number of unbranched alkanes of at least 4 members (excludes halogenated alkanes) is 20. The molecule has 1 fully saturated rings. The highest BCUT2D eigenvalue weighted by Crippen LogP contribution is 2.30. The maximum Gasteiger partial charge on any atom is 0.305 e. The number of rotatable bonds is 40. The van der Waals surface area contributed by atoms with E-state index < -0.39 is 6.10 Å². The molecule has 3 unspecified atom stereocenters. The molecule has 314 valence electrons. The van der Waals surface area contributed by atoms with Crippen molar-refractivity contribution < 1.29 is 28.9 Å². The van der Waals surface area contributed by atoms with Crippen LogP contribution in [0.25, 0.3) is 0 Å². The van der Waals surface area contributed by atoms with Gasteiger partial charge in [0.1, 0.15) is 19.3 Å². The van der Waals surface area contributed by atoms with Gasteiger partial charge in [0.2, 0.25) is 0 Å². The van der Waals surface area contributed by atoms with Crippen LogP contribution in [0, 0.1) is 5.92 Å². The molecule has 0 spiro atoms. The lowest BCUT2D eigenvalue weighted by Crippen LogP contribution is -2.25. The zero-order chi connectivity index (χ0) is 39.2. The van der Waals surface area contributed by atoms with E-state index in [1.54, 1.807) is 0 Å². The van der Waals surface area contributed by atoms with Crippen LogP contribution in [0.2, 0.25) is 0 Å². The van der Waals surface area contributed by atoms with Gasteiger partial charge in [-0.2, -0.15) is 0 Å². The second kappa shape index (κ2) is 38.0. The van der Waals surface area contributed by atoms with Gasteiger partial charge in [0.15, 0.2) is 0 Å². The van der Waals surface area contributed by atoms with Crippen LogP contribution >= 0.6 is 0 Å². The summed E-state index contributed by atoms with van der Waals surface area (Å²) in [5, 5.41) is 10.1. The molecule has 0 aromatic heterocycles. The highest BCUT2D eigenvalue weighted by atomic mass is 16.6. The Labute approximate surface area is 333 Å². The molecule has 0 aromatic carbocycles. The van der Waals surface area contributed by atoms with Crippen LogP contribution in [0.15, 0.2) is 36.5 Å². The number of hydrogen-bond acceptors (Lipinski definition) is 6. The Hall–Kier alpha value is -1.92. The molecular weight excluding hydrogens is 673 g/mol. The third kappa shape index (κ3) is 34.6. The van der Waals surface area contributed by atoms with Gasteiger partial charge >= 0.3 is 11.9 Å². The molecule has 0 saturated carbocycles. The Balaban J connectivity index is 1.82. The lowest BCUT2D eigenvalue weighted by Gasteiger charge is -2.12. The molecular formula is C48H86O6. The first-order chi connectivity index (χ1) is 26.5. The van der Waals surface area contributed by atoms with Crippen LogP contribution in [0.1, 0.15) is 220 Å². The number of aliphatic hydroxyl groups is 1. The first kappa shape index (κ1) is 50.1. The molecule has 1 aliphatic rings. The lowest BCUT2D eigenvalue weighted by atomic mass is 9.99. The normalized spacial score (nSPS) is 16.8. The molecule has 0 bridgehead atoms. The predicted molar refractivity (Wildman–Crippen MR) is 228 cm³/mol. The summed E-state index contributed by atoms with van der Waals surface area (Å²) >= 11 is 0. The molecule has 1 N–H and O–H groups in total. The summed E-state index contributed by atoms with van der Waals surface area (Å²) in [5.41, 5.74) is 0. The molecule has 6 heteroatoms. The van der Waals surface area contributed by atoms with E-state index in [1.807, 2.05) is 0 Å². The number of hydrogen-bond donors (Lipinski definition) is 1. The van der Waals surface area contributed by atoms with Crippen molar-refractivity contribution >= 4 is 11.9 Å². The molecule has 0 amide bonds. The molecule has 0 aliphatic carbocycles. The molecule has 1 saturated heterocycles. The van der Waals surface area contributed by atoms with E-state index in [-0.39, 0.29) is 37.4 Å². The zero-order valence-corrected chi connectivity index (χ0v) is 35.6. The number of allylic oxidation sites excluding steroid dienone is 5. The Morgan fingerprint density at radius 3 is 1.56 bits per heavy atom. The van der Waals surface area contributed by atoms with Crippen LogP contribution in [0.4, 0.5) is 0 Å². The number of carbonyl (C=O) groups excluding carboxylic acids is 2. The van der Waals surface area contributed by atoms with Crippen molar-refractivity contribution in [3.8, 4) is 0 Å². The Morgan fingerprint density at radius 2 is 1.04 bits per heavy atom. The van der Waals surface area contributed by atoms with Crippen molar-refractivity contribution in [3.63, 3.8) is 0 Å². The molecule has 54 heavy (non-hydrogen) atoms. The Morgan fingerprint density at radius 1 is 0.574 bits per heavy atom. The van der Waals surface area contributed by atoms with Gasteiger partial charge in [0.25, 0.3) is 0 Å². The number of esters is 2. The summed E-state index contributed by atoms with van der Waals surface area (Å²) < 4.78 is 16.1. The Kier molecular flexibility index (Phi) is 35.2. The average molecular weight is 759 g/mol. The third-order valence-electron chi connectivity index (χ3n) is 10.8. The molecule has 6 nitrogen and oxygen atoms in total. The monoisotopic (exact) mass is 759 g/mol. The zero-order valence-electron chi connectivity index (χ0n) is 35.6. The predicted octanol–water partition coefficient (Wildman–Crippen LogP) is 13.6. The van der Waals surface area contributed by atoms with Gasteiger partial charge in [-0.05, 0) is 57.3 Å². The van der Waals surface area contributed by atoms with E-state index in [4.69, 9.17) is 14.2 Å². The van der Waals surface area contributed by atoms with Crippen LogP contribution < -0.4 is 0 Å². The fourth-order valence-corrected chi connectivity index (χ4v) is 6.86. The maximum atomic E-state index is 12.1. The van der Waals surface area contributed by atoms with E-state index in [9.17, 15) is 14.7 Å². The van der Waals surface area contributed by atoms with Crippen molar-refractivity contribution in [1.29, 1.82) is 0 Å². The van der Waals surface area contributed by atoms with E-state index in [1.165, 1.54) is 135 Å². The standard InChI is InChI=1S/C48H86O6/c1-4-6-7-8-9-10-11-21-24-27-30-33-37-45-46(54-45)38-35-40-48(51)53-42-44(49)41-52-47(50)39-34-31-28-25-22-19-17-15-13-12-14-16-18-20-23-26-29-32-36-43(3)5-2/h9-10,21,24,30,33,43-46,49H,4-8,11-20,22-23,25-29,31-32,34-42H2,1-3H3/b10-9-,24-21-,33-30-/t43?,44-,45?,46?/m1/s1. The summed E-state index contributed by atoms with van der Waals surface area (Å²) in [5.74, 6) is 0.281. The largest absolute Gasteiger partial charge is 0.463 e. The van der Waals surface area contributed by atoms with Crippen molar-refractivity contribution in [3.05, 3.63) is 36.5 Å². The topological polar surface area (TPSA) is 85.4 Å². The first-order valence-corrected chi connectivity index (χ1v) is 23.1.